The van der Waals surface area contributed by atoms with Crippen LogP contribution in [0.1, 0.15) is 30.5 Å². The molecule has 202 valence electrons. The zero-order chi connectivity index (χ0) is 27.9. The van der Waals surface area contributed by atoms with E-state index in [0.717, 1.165) is 25.5 Å². The van der Waals surface area contributed by atoms with Crippen molar-refractivity contribution < 1.29 is 18.0 Å². The van der Waals surface area contributed by atoms with Crippen LogP contribution in [0.4, 0.5) is 0 Å². The largest absolute Gasteiger partial charge is 0.352 e. The SMILES string of the molecule is Cc1ccc(S(=O)(=O)N(C)CC(=O)N(Cc2cccc(Br)c2)[C@H](Cc2ccccc2)C(=O)NC(C)C)cc1. The molecule has 1 atom stereocenters. The number of carbonyl (C=O) groups excluding carboxylic acids is 2. The third-order valence-electron chi connectivity index (χ3n) is 6.03. The molecule has 0 spiro atoms. The first-order valence-electron chi connectivity index (χ1n) is 12.4. The topological polar surface area (TPSA) is 86.8 Å². The summed E-state index contributed by atoms with van der Waals surface area (Å²) in [5.41, 5.74) is 2.64. The van der Waals surface area contributed by atoms with E-state index in [1.165, 1.54) is 24.1 Å². The number of carbonyl (C=O) groups is 2. The molecule has 3 aromatic carbocycles. The lowest BCUT2D eigenvalue weighted by molar-refractivity contribution is -0.141. The highest BCUT2D eigenvalue weighted by molar-refractivity contribution is 9.10. The van der Waals surface area contributed by atoms with E-state index in [2.05, 4.69) is 21.2 Å². The van der Waals surface area contributed by atoms with Crippen LogP contribution in [-0.2, 0) is 32.6 Å². The highest BCUT2D eigenvalue weighted by Crippen LogP contribution is 2.20. The van der Waals surface area contributed by atoms with Crippen LogP contribution in [0, 0.1) is 6.92 Å². The second kappa shape index (κ2) is 13.2. The second-order valence-electron chi connectivity index (χ2n) is 9.59. The fourth-order valence-electron chi connectivity index (χ4n) is 4.02. The molecule has 9 heteroatoms. The Morgan fingerprint density at radius 1 is 0.921 bits per heavy atom. The predicted octanol–water partition coefficient (Wildman–Crippen LogP) is 4.54. The minimum absolute atomic E-state index is 0.107. The highest BCUT2D eigenvalue weighted by Gasteiger charge is 2.33. The fourth-order valence-corrected chi connectivity index (χ4v) is 5.59. The molecule has 2 amide bonds. The first-order valence-corrected chi connectivity index (χ1v) is 14.6. The number of benzene rings is 3. The molecule has 1 N–H and O–H groups in total. The number of amides is 2. The van der Waals surface area contributed by atoms with Crippen molar-refractivity contribution in [3.05, 3.63) is 100 Å². The molecule has 0 saturated carbocycles. The van der Waals surface area contributed by atoms with E-state index in [1.54, 1.807) is 12.1 Å². The maximum absolute atomic E-state index is 13.8. The Bertz CT molecular complexity index is 1350. The summed E-state index contributed by atoms with van der Waals surface area (Å²) in [6.07, 6.45) is 0.285. The van der Waals surface area contributed by atoms with Crippen LogP contribution in [-0.4, -0.2) is 55.1 Å². The molecule has 0 saturated heterocycles. The van der Waals surface area contributed by atoms with Crippen molar-refractivity contribution in [1.29, 1.82) is 0 Å². The van der Waals surface area contributed by atoms with Gasteiger partial charge in [-0.1, -0.05) is 76.1 Å². The van der Waals surface area contributed by atoms with Gasteiger partial charge in [-0.3, -0.25) is 9.59 Å². The molecule has 0 aromatic heterocycles. The monoisotopic (exact) mass is 599 g/mol. The van der Waals surface area contributed by atoms with E-state index < -0.39 is 28.5 Å². The molecule has 0 unspecified atom stereocenters. The summed E-state index contributed by atoms with van der Waals surface area (Å²) in [5, 5.41) is 2.94. The molecule has 0 aliphatic rings. The first kappa shape index (κ1) is 29.5. The van der Waals surface area contributed by atoms with Gasteiger partial charge in [0.15, 0.2) is 0 Å². The Hall–Kier alpha value is -3.01. The average molecular weight is 601 g/mol. The highest BCUT2D eigenvalue weighted by atomic mass is 79.9. The van der Waals surface area contributed by atoms with Crippen molar-refractivity contribution >= 4 is 37.8 Å². The molecule has 7 nitrogen and oxygen atoms in total. The Balaban J connectivity index is 1.97. The summed E-state index contributed by atoms with van der Waals surface area (Å²) < 4.78 is 28.3. The zero-order valence-corrected chi connectivity index (χ0v) is 24.5. The standard InChI is InChI=1S/C29H34BrN3O4S/c1-21(2)31-29(35)27(18-23-9-6-5-7-10-23)33(19-24-11-8-12-25(30)17-24)28(34)20-32(4)38(36,37)26-15-13-22(3)14-16-26/h5-17,21,27H,18-20H2,1-4H3,(H,31,35)/t27-/m1/s1. The summed E-state index contributed by atoms with van der Waals surface area (Å²) in [6, 6.07) is 22.5. The summed E-state index contributed by atoms with van der Waals surface area (Å²) in [5.74, 6) is -0.765. The third-order valence-corrected chi connectivity index (χ3v) is 8.34. The average Bonchev–Trinajstić information content (AvgIpc) is 2.86. The van der Waals surface area contributed by atoms with Crippen molar-refractivity contribution in [2.45, 2.75) is 50.7 Å². The Morgan fingerprint density at radius 3 is 2.16 bits per heavy atom. The lowest BCUT2D eigenvalue weighted by Crippen LogP contribution is -2.53. The maximum atomic E-state index is 13.8. The van der Waals surface area contributed by atoms with Gasteiger partial charge in [0.05, 0.1) is 11.4 Å². The van der Waals surface area contributed by atoms with Crippen LogP contribution in [0.15, 0.2) is 88.2 Å². The van der Waals surface area contributed by atoms with E-state index in [0.29, 0.717) is 0 Å². The minimum atomic E-state index is -3.91. The molecule has 0 aliphatic carbocycles. The fraction of sp³-hybridized carbons (Fsp3) is 0.310. The van der Waals surface area contributed by atoms with E-state index in [1.807, 2.05) is 75.4 Å². The van der Waals surface area contributed by atoms with Crippen molar-refractivity contribution in [2.24, 2.45) is 0 Å². The van der Waals surface area contributed by atoms with E-state index in [-0.39, 0.29) is 29.8 Å². The molecule has 38 heavy (non-hydrogen) atoms. The molecule has 0 fully saturated rings. The number of aryl methyl sites for hydroxylation is 1. The van der Waals surface area contributed by atoms with E-state index in [4.69, 9.17) is 0 Å². The van der Waals surface area contributed by atoms with Gasteiger partial charge in [0.1, 0.15) is 6.04 Å². The van der Waals surface area contributed by atoms with Gasteiger partial charge in [-0.2, -0.15) is 4.31 Å². The Kier molecular flexibility index (Phi) is 10.2. The quantitative estimate of drug-likeness (QED) is 0.350. The van der Waals surface area contributed by atoms with Crippen LogP contribution in [0.3, 0.4) is 0 Å². The first-order chi connectivity index (χ1) is 18.0. The van der Waals surface area contributed by atoms with Gasteiger partial charge in [0.2, 0.25) is 21.8 Å². The van der Waals surface area contributed by atoms with Gasteiger partial charge in [0.25, 0.3) is 0 Å². The number of nitrogens with zero attached hydrogens (tertiary/aromatic N) is 2. The van der Waals surface area contributed by atoms with Gasteiger partial charge in [-0.05, 0) is 56.2 Å². The normalized spacial score (nSPS) is 12.4. The lowest BCUT2D eigenvalue weighted by Gasteiger charge is -2.33. The molecule has 0 bridgehead atoms. The number of likely N-dealkylation sites (N-methyl/N-ethyl adjacent to an activating group) is 1. The summed E-state index contributed by atoms with van der Waals surface area (Å²) >= 11 is 3.47. The Labute approximate surface area is 234 Å². The van der Waals surface area contributed by atoms with Crippen molar-refractivity contribution in [2.75, 3.05) is 13.6 Å². The van der Waals surface area contributed by atoms with E-state index >= 15 is 0 Å². The van der Waals surface area contributed by atoms with Crippen LogP contribution in [0.2, 0.25) is 0 Å². The smallest absolute Gasteiger partial charge is 0.243 e. The van der Waals surface area contributed by atoms with E-state index in [9.17, 15) is 18.0 Å². The van der Waals surface area contributed by atoms with Crippen LogP contribution >= 0.6 is 15.9 Å². The van der Waals surface area contributed by atoms with Crippen LogP contribution < -0.4 is 5.32 Å². The third kappa shape index (κ3) is 7.99. The predicted molar refractivity (Wildman–Crippen MR) is 153 cm³/mol. The molecule has 0 aliphatic heterocycles. The minimum Gasteiger partial charge on any atom is -0.352 e. The van der Waals surface area contributed by atoms with Crippen LogP contribution in [0.5, 0.6) is 0 Å². The summed E-state index contributed by atoms with van der Waals surface area (Å²) in [6.45, 7) is 5.32. The number of hydrogen-bond donors (Lipinski definition) is 1. The maximum Gasteiger partial charge on any atom is 0.243 e. The molecular formula is C29H34BrN3O4S. The number of hydrogen-bond acceptors (Lipinski definition) is 4. The lowest BCUT2D eigenvalue weighted by atomic mass is 10.0. The molecule has 0 radical (unpaired) electrons. The number of halogens is 1. The van der Waals surface area contributed by atoms with Crippen LogP contribution in [0.25, 0.3) is 0 Å². The van der Waals surface area contributed by atoms with Crippen molar-refractivity contribution in [1.82, 2.24) is 14.5 Å². The molecular weight excluding hydrogens is 566 g/mol. The summed E-state index contributed by atoms with van der Waals surface area (Å²) in [7, 11) is -2.53. The number of rotatable bonds is 11. The van der Waals surface area contributed by atoms with Gasteiger partial charge < -0.3 is 10.2 Å². The van der Waals surface area contributed by atoms with Crippen molar-refractivity contribution in [3.63, 3.8) is 0 Å². The molecule has 3 rings (SSSR count). The van der Waals surface area contributed by atoms with Gasteiger partial charge in [-0.15, -0.1) is 0 Å². The molecule has 0 heterocycles. The zero-order valence-electron chi connectivity index (χ0n) is 22.1. The number of sulfonamides is 1. The molecule has 3 aromatic rings. The number of nitrogens with one attached hydrogen (secondary N) is 1. The second-order valence-corrected chi connectivity index (χ2v) is 12.6. The van der Waals surface area contributed by atoms with Gasteiger partial charge >= 0.3 is 0 Å². The van der Waals surface area contributed by atoms with Gasteiger partial charge in [-0.25, -0.2) is 8.42 Å². The van der Waals surface area contributed by atoms with Crippen molar-refractivity contribution in [3.8, 4) is 0 Å². The van der Waals surface area contributed by atoms with Gasteiger partial charge in [0, 0.05) is 30.5 Å². The summed E-state index contributed by atoms with van der Waals surface area (Å²) in [4.78, 5) is 28.9. The Morgan fingerprint density at radius 2 is 1.55 bits per heavy atom.